The summed E-state index contributed by atoms with van der Waals surface area (Å²) in [5.74, 6) is 0.908. The Kier molecular flexibility index (Phi) is 3.84. The molecule has 1 aliphatic rings. The lowest BCUT2D eigenvalue weighted by atomic mass is 10.1. The monoisotopic (exact) mass is 314 g/mol. The topological polar surface area (TPSA) is 79.8 Å². The minimum atomic E-state index is -0.474. The molecule has 23 heavy (non-hydrogen) atoms. The molecule has 0 fully saturated rings. The van der Waals surface area contributed by atoms with E-state index in [0.717, 1.165) is 0 Å². The molecule has 0 bridgehead atoms. The zero-order valence-electron chi connectivity index (χ0n) is 12.8. The molecule has 0 amide bonds. The number of hydrogen-bond acceptors (Lipinski definition) is 7. The molecule has 0 spiro atoms. The highest BCUT2D eigenvalue weighted by Gasteiger charge is 2.30. The number of hydrogen-bond donors (Lipinski definition) is 0. The third-order valence-electron chi connectivity index (χ3n) is 3.24. The van der Waals surface area contributed by atoms with Crippen LogP contribution in [0.2, 0.25) is 0 Å². The summed E-state index contributed by atoms with van der Waals surface area (Å²) in [6, 6.07) is 6.73. The van der Waals surface area contributed by atoms with E-state index in [0.29, 0.717) is 22.6 Å². The number of cyclic esters (lactones) is 1. The molecular weight excluding hydrogens is 300 g/mol. The average Bonchev–Trinajstić information content (AvgIpc) is 2.91. The number of benzene rings is 1. The highest BCUT2D eigenvalue weighted by atomic mass is 16.5. The molecule has 0 aliphatic carbocycles. The van der Waals surface area contributed by atoms with Crippen molar-refractivity contribution < 1.29 is 23.7 Å². The normalized spacial score (nSPS) is 14.4. The Morgan fingerprint density at radius 2 is 1.83 bits per heavy atom. The van der Waals surface area contributed by atoms with Crippen LogP contribution >= 0.6 is 0 Å². The molecule has 1 aromatic carbocycles. The molecule has 1 aliphatic heterocycles. The van der Waals surface area contributed by atoms with E-state index in [1.165, 1.54) is 20.3 Å². The number of nitrogens with zero attached hydrogens (tertiary/aromatic N) is 2. The molecule has 3 rings (SSSR count). The number of aromatic nitrogens is 2. The van der Waals surface area contributed by atoms with Crippen LogP contribution < -0.4 is 14.2 Å². The van der Waals surface area contributed by atoms with E-state index < -0.39 is 5.97 Å². The minimum absolute atomic E-state index is 0.0105. The number of ether oxygens (including phenoxy) is 4. The number of methoxy groups -OCH3 is 2. The van der Waals surface area contributed by atoms with Gasteiger partial charge < -0.3 is 18.9 Å². The quantitative estimate of drug-likeness (QED) is 0.803. The number of allylic oxidation sites excluding steroid dienone is 1. The van der Waals surface area contributed by atoms with Crippen molar-refractivity contribution in [3.8, 4) is 23.5 Å². The van der Waals surface area contributed by atoms with Crippen molar-refractivity contribution in [3.05, 3.63) is 41.5 Å². The number of carbonyl (C=O) groups is 1. The molecule has 0 saturated carbocycles. The molecule has 7 nitrogen and oxygen atoms in total. The van der Waals surface area contributed by atoms with Crippen molar-refractivity contribution in [1.82, 2.24) is 9.97 Å². The second kappa shape index (κ2) is 5.96. The Morgan fingerprint density at radius 1 is 1.13 bits per heavy atom. The summed E-state index contributed by atoms with van der Waals surface area (Å²) in [6.45, 7) is 1.79. The summed E-state index contributed by atoms with van der Waals surface area (Å²) in [4.78, 5) is 20.2. The lowest BCUT2D eigenvalue weighted by Crippen LogP contribution is -2.01. The predicted octanol–water partition coefficient (Wildman–Crippen LogP) is 2.82. The molecular formula is C16H14N2O5. The second-order valence-corrected chi connectivity index (χ2v) is 4.56. The summed E-state index contributed by atoms with van der Waals surface area (Å²) in [5, 5.41) is 0. The Bertz CT molecular complexity index is 779. The first-order chi connectivity index (χ1) is 11.2. The Labute approximate surface area is 132 Å². The van der Waals surface area contributed by atoms with Gasteiger partial charge in [-0.3, -0.25) is 0 Å². The van der Waals surface area contributed by atoms with Crippen molar-refractivity contribution in [2.45, 2.75) is 6.92 Å². The van der Waals surface area contributed by atoms with Crippen LogP contribution in [-0.4, -0.2) is 30.2 Å². The summed E-state index contributed by atoms with van der Waals surface area (Å²) >= 11 is 0. The molecule has 118 valence electrons. The van der Waals surface area contributed by atoms with E-state index in [-0.39, 0.29) is 17.8 Å². The highest BCUT2D eigenvalue weighted by Crippen LogP contribution is 2.37. The lowest BCUT2D eigenvalue weighted by molar-refractivity contribution is 0.0713. The maximum Gasteiger partial charge on any atom is 0.348 e. The maximum atomic E-state index is 12.1. The fourth-order valence-corrected chi connectivity index (χ4v) is 2.19. The van der Waals surface area contributed by atoms with Gasteiger partial charge in [-0.25, -0.2) is 4.79 Å². The Hall–Kier alpha value is -3.09. The van der Waals surface area contributed by atoms with Crippen LogP contribution in [0, 0.1) is 0 Å². The first kappa shape index (κ1) is 14.8. The standard InChI is InChI=1S/C16H14N2O5/c1-4-10-9-6-5-7-11(14(9)15(19)22-10)23-16-17-12(20-2)8-13(18-16)21-3/h4-8H,1-3H3. The van der Waals surface area contributed by atoms with Crippen molar-refractivity contribution in [1.29, 1.82) is 0 Å². The van der Waals surface area contributed by atoms with Gasteiger partial charge in [-0.15, -0.1) is 0 Å². The molecule has 1 aromatic heterocycles. The molecule has 0 saturated heterocycles. The minimum Gasteiger partial charge on any atom is -0.481 e. The van der Waals surface area contributed by atoms with Gasteiger partial charge in [0.15, 0.2) is 0 Å². The predicted molar refractivity (Wildman–Crippen MR) is 80.7 cm³/mol. The number of fused-ring (bicyclic) bond motifs is 1. The van der Waals surface area contributed by atoms with Crippen LogP contribution in [-0.2, 0) is 4.74 Å². The van der Waals surface area contributed by atoms with E-state index in [4.69, 9.17) is 18.9 Å². The van der Waals surface area contributed by atoms with Crippen LogP contribution in [0.3, 0.4) is 0 Å². The van der Waals surface area contributed by atoms with E-state index in [9.17, 15) is 4.79 Å². The number of rotatable bonds is 4. The summed E-state index contributed by atoms with van der Waals surface area (Å²) in [6.07, 6.45) is 1.72. The highest BCUT2D eigenvalue weighted by molar-refractivity contribution is 6.05. The zero-order chi connectivity index (χ0) is 16.4. The van der Waals surface area contributed by atoms with Gasteiger partial charge >= 0.3 is 12.0 Å². The molecule has 2 aromatic rings. The lowest BCUT2D eigenvalue weighted by Gasteiger charge is -2.09. The van der Waals surface area contributed by atoms with E-state index in [2.05, 4.69) is 9.97 Å². The summed E-state index contributed by atoms with van der Waals surface area (Å²) in [5.41, 5.74) is 1.01. The Morgan fingerprint density at radius 3 is 2.43 bits per heavy atom. The van der Waals surface area contributed by atoms with Gasteiger partial charge in [-0.05, 0) is 19.1 Å². The SMILES string of the molecule is CC=C1OC(=O)c2c(Oc3nc(OC)cc(OC)n3)cccc21. The molecule has 0 atom stereocenters. The molecule has 0 unspecified atom stereocenters. The Balaban J connectivity index is 2.02. The van der Waals surface area contributed by atoms with Gasteiger partial charge in [-0.1, -0.05) is 12.1 Å². The van der Waals surface area contributed by atoms with Crippen molar-refractivity contribution >= 4 is 11.7 Å². The smallest absolute Gasteiger partial charge is 0.348 e. The first-order valence-electron chi connectivity index (χ1n) is 6.83. The van der Waals surface area contributed by atoms with Gasteiger partial charge in [0.2, 0.25) is 11.8 Å². The van der Waals surface area contributed by atoms with Gasteiger partial charge in [0.25, 0.3) is 0 Å². The molecule has 0 N–H and O–H groups in total. The van der Waals surface area contributed by atoms with Crippen LogP contribution in [0.1, 0.15) is 22.8 Å². The van der Waals surface area contributed by atoms with Gasteiger partial charge in [0.1, 0.15) is 17.1 Å². The van der Waals surface area contributed by atoms with Crippen LogP contribution in [0.15, 0.2) is 30.3 Å². The van der Waals surface area contributed by atoms with Gasteiger partial charge in [0, 0.05) is 5.56 Å². The fourth-order valence-electron chi connectivity index (χ4n) is 2.19. The van der Waals surface area contributed by atoms with E-state index in [1.807, 2.05) is 0 Å². The van der Waals surface area contributed by atoms with E-state index >= 15 is 0 Å². The fraction of sp³-hybridized carbons (Fsp3) is 0.188. The maximum absolute atomic E-state index is 12.1. The first-order valence-corrected chi connectivity index (χ1v) is 6.83. The third-order valence-corrected chi connectivity index (χ3v) is 3.24. The number of esters is 1. The molecule has 0 radical (unpaired) electrons. The van der Waals surface area contributed by atoms with Crippen molar-refractivity contribution in [2.24, 2.45) is 0 Å². The van der Waals surface area contributed by atoms with Crippen LogP contribution in [0.4, 0.5) is 0 Å². The molecule has 2 heterocycles. The zero-order valence-corrected chi connectivity index (χ0v) is 12.8. The largest absolute Gasteiger partial charge is 0.481 e. The van der Waals surface area contributed by atoms with Crippen LogP contribution in [0.5, 0.6) is 23.5 Å². The van der Waals surface area contributed by atoms with Crippen molar-refractivity contribution in [3.63, 3.8) is 0 Å². The number of carbonyl (C=O) groups excluding carboxylic acids is 1. The van der Waals surface area contributed by atoms with Crippen LogP contribution in [0.25, 0.3) is 5.76 Å². The second-order valence-electron chi connectivity index (χ2n) is 4.56. The van der Waals surface area contributed by atoms with Gasteiger partial charge in [0.05, 0.1) is 20.3 Å². The summed E-state index contributed by atoms with van der Waals surface area (Å²) < 4.78 is 21.0. The summed E-state index contributed by atoms with van der Waals surface area (Å²) in [7, 11) is 2.95. The van der Waals surface area contributed by atoms with Gasteiger partial charge in [-0.2, -0.15) is 9.97 Å². The van der Waals surface area contributed by atoms with Crippen molar-refractivity contribution in [2.75, 3.05) is 14.2 Å². The average molecular weight is 314 g/mol. The third kappa shape index (κ3) is 2.68. The molecule has 7 heteroatoms. The van der Waals surface area contributed by atoms with E-state index in [1.54, 1.807) is 31.2 Å².